The first-order valence-electron chi connectivity index (χ1n) is 9.22. The molecule has 0 bridgehead atoms. The molecule has 0 aliphatic carbocycles. The van der Waals surface area contributed by atoms with E-state index in [1.165, 1.54) is 36.5 Å². The van der Waals surface area contributed by atoms with Crippen molar-refractivity contribution in [3.8, 4) is 0 Å². The highest BCUT2D eigenvalue weighted by atomic mass is 79.9. The maximum atomic E-state index is 13.2. The number of sulfonamides is 1. The Labute approximate surface area is 188 Å². The van der Waals surface area contributed by atoms with Gasteiger partial charge >= 0.3 is 0 Å². The van der Waals surface area contributed by atoms with Gasteiger partial charge in [0, 0.05) is 11.0 Å². The van der Waals surface area contributed by atoms with Gasteiger partial charge < -0.3 is 0 Å². The molecular formula is C22H19BrFN3O3S. The van der Waals surface area contributed by atoms with Gasteiger partial charge in [0.2, 0.25) is 10.0 Å². The van der Waals surface area contributed by atoms with Crippen LogP contribution in [0.1, 0.15) is 11.1 Å². The third-order valence-electron chi connectivity index (χ3n) is 4.22. The summed E-state index contributed by atoms with van der Waals surface area (Å²) in [7, 11) is -3.93. The molecule has 31 heavy (non-hydrogen) atoms. The zero-order valence-corrected chi connectivity index (χ0v) is 18.7. The van der Waals surface area contributed by atoms with E-state index in [1.54, 1.807) is 48.5 Å². The van der Waals surface area contributed by atoms with Crippen LogP contribution in [0.3, 0.4) is 0 Å². The fraction of sp³-hybridized carbons (Fsp3) is 0.0909. The second kappa shape index (κ2) is 10.4. The molecule has 0 saturated heterocycles. The number of benzene rings is 3. The van der Waals surface area contributed by atoms with Gasteiger partial charge in [0.15, 0.2) is 0 Å². The minimum Gasteiger partial charge on any atom is -0.272 e. The summed E-state index contributed by atoms with van der Waals surface area (Å²) in [6.45, 7) is -0.431. The predicted molar refractivity (Wildman–Crippen MR) is 120 cm³/mol. The molecule has 160 valence electrons. The van der Waals surface area contributed by atoms with Crippen LogP contribution in [0.2, 0.25) is 0 Å². The molecule has 0 atom stereocenters. The number of hydrogen-bond acceptors (Lipinski definition) is 4. The molecule has 3 aromatic rings. The summed E-state index contributed by atoms with van der Waals surface area (Å²) in [6.07, 6.45) is 1.28. The lowest BCUT2D eigenvalue weighted by atomic mass is 10.2. The van der Waals surface area contributed by atoms with E-state index < -0.39 is 28.3 Å². The number of carbonyl (C=O) groups excluding carboxylic acids is 1. The summed E-state index contributed by atoms with van der Waals surface area (Å²) in [5.74, 6) is -1.05. The van der Waals surface area contributed by atoms with E-state index in [1.807, 2.05) is 0 Å². The van der Waals surface area contributed by atoms with Crippen molar-refractivity contribution in [1.82, 2.24) is 9.73 Å². The van der Waals surface area contributed by atoms with Gasteiger partial charge in [-0.25, -0.2) is 18.2 Å². The zero-order valence-electron chi connectivity index (χ0n) is 16.3. The van der Waals surface area contributed by atoms with E-state index in [4.69, 9.17) is 0 Å². The molecule has 0 saturated carbocycles. The first-order chi connectivity index (χ1) is 14.8. The van der Waals surface area contributed by atoms with Gasteiger partial charge in [-0.3, -0.25) is 4.79 Å². The van der Waals surface area contributed by atoms with Gasteiger partial charge in [-0.05, 0) is 47.5 Å². The van der Waals surface area contributed by atoms with Crippen molar-refractivity contribution >= 4 is 38.1 Å². The van der Waals surface area contributed by atoms with Crippen LogP contribution in [0.15, 0.2) is 93.3 Å². The Bertz CT molecular complexity index is 1170. The van der Waals surface area contributed by atoms with Gasteiger partial charge in [0.1, 0.15) is 5.82 Å². The molecule has 0 aliphatic heterocycles. The molecule has 1 N–H and O–H groups in total. The molecule has 3 aromatic carbocycles. The Balaban J connectivity index is 1.77. The molecule has 0 aliphatic rings. The molecule has 0 aromatic heterocycles. The van der Waals surface area contributed by atoms with Gasteiger partial charge in [0.25, 0.3) is 5.91 Å². The predicted octanol–water partition coefficient (Wildman–Crippen LogP) is 3.93. The smallest absolute Gasteiger partial charge is 0.255 e. The van der Waals surface area contributed by atoms with Gasteiger partial charge in [-0.1, -0.05) is 58.4 Å². The summed E-state index contributed by atoms with van der Waals surface area (Å²) in [5, 5.41) is 3.79. The van der Waals surface area contributed by atoms with E-state index in [2.05, 4.69) is 26.5 Å². The minimum absolute atomic E-state index is 0.00549. The number of amides is 1. The second-order valence-electron chi connectivity index (χ2n) is 6.56. The molecule has 0 spiro atoms. The summed E-state index contributed by atoms with van der Waals surface area (Å²) < 4.78 is 41.4. The van der Waals surface area contributed by atoms with Gasteiger partial charge in [-0.2, -0.15) is 9.41 Å². The number of hydrazone groups is 1. The number of carbonyl (C=O) groups is 1. The molecule has 9 heteroatoms. The summed E-state index contributed by atoms with van der Waals surface area (Å²) in [6, 6.07) is 20.7. The van der Waals surface area contributed by atoms with E-state index in [0.717, 1.165) is 14.3 Å². The van der Waals surface area contributed by atoms with Crippen LogP contribution < -0.4 is 5.43 Å². The highest BCUT2D eigenvalue weighted by Gasteiger charge is 2.26. The molecule has 1 amide bonds. The molecule has 3 rings (SSSR count). The lowest BCUT2D eigenvalue weighted by Crippen LogP contribution is -2.39. The monoisotopic (exact) mass is 503 g/mol. The Morgan fingerprint density at radius 3 is 2.42 bits per heavy atom. The fourth-order valence-electron chi connectivity index (χ4n) is 2.72. The van der Waals surface area contributed by atoms with Crippen molar-refractivity contribution in [2.45, 2.75) is 11.4 Å². The van der Waals surface area contributed by atoms with Gasteiger partial charge in [0.05, 0.1) is 17.7 Å². The summed E-state index contributed by atoms with van der Waals surface area (Å²) >= 11 is 3.34. The quantitative estimate of drug-likeness (QED) is 0.373. The first-order valence-corrected chi connectivity index (χ1v) is 11.4. The number of nitrogens with zero attached hydrogens (tertiary/aromatic N) is 2. The zero-order chi connectivity index (χ0) is 22.3. The third-order valence-corrected chi connectivity index (χ3v) is 6.56. The molecule has 0 radical (unpaired) electrons. The molecule has 0 fully saturated rings. The van der Waals surface area contributed by atoms with Crippen LogP contribution in [0.5, 0.6) is 0 Å². The van der Waals surface area contributed by atoms with Crippen molar-refractivity contribution in [2.24, 2.45) is 5.10 Å². The van der Waals surface area contributed by atoms with Crippen LogP contribution in [0.25, 0.3) is 0 Å². The number of rotatable bonds is 8. The van der Waals surface area contributed by atoms with Crippen LogP contribution in [-0.4, -0.2) is 31.4 Å². The Morgan fingerprint density at radius 2 is 1.74 bits per heavy atom. The summed E-state index contributed by atoms with van der Waals surface area (Å²) in [5.41, 5.74) is 3.48. The SMILES string of the molecule is O=C(CN(Cc1ccc(Br)cc1)S(=O)(=O)c1ccccc1)N/N=C\c1cccc(F)c1. The highest BCUT2D eigenvalue weighted by molar-refractivity contribution is 9.10. The van der Waals surface area contributed by atoms with E-state index in [0.29, 0.717) is 5.56 Å². The van der Waals surface area contributed by atoms with E-state index >= 15 is 0 Å². The molecule has 0 unspecified atom stereocenters. The van der Waals surface area contributed by atoms with E-state index in [-0.39, 0.29) is 11.4 Å². The average Bonchev–Trinajstić information content (AvgIpc) is 2.75. The largest absolute Gasteiger partial charge is 0.272 e. The number of halogens is 2. The van der Waals surface area contributed by atoms with Crippen LogP contribution in [-0.2, 0) is 21.4 Å². The Kier molecular flexibility index (Phi) is 7.67. The topological polar surface area (TPSA) is 78.8 Å². The van der Waals surface area contributed by atoms with Crippen molar-refractivity contribution in [2.75, 3.05) is 6.54 Å². The molecule has 6 nitrogen and oxygen atoms in total. The number of nitrogens with one attached hydrogen (secondary N) is 1. The minimum atomic E-state index is -3.93. The van der Waals surface area contributed by atoms with Crippen LogP contribution in [0.4, 0.5) is 4.39 Å². The van der Waals surface area contributed by atoms with Crippen molar-refractivity contribution in [1.29, 1.82) is 0 Å². The lowest BCUT2D eigenvalue weighted by Gasteiger charge is -2.21. The van der Waals surface area contributed by atoms with Crippen molar-refractivity contribution in [3.05, 3.63) is 100 Å². The Morgan fingerprint density at radius 1 is 1.03 bits per heavy atom. The van der Waals surface area contributed by atoms with Crippen LogP contribution in [0, 0.1) is 5.82 Å². The third kappa shape index (κ3) is 6.55. The normalized spacial score (nSPS) is 11.7. The molecular weight excluding hydrogens is 485 g/mol. The maximum Gasteiger partial charge on any atom is 0.255 e. The van der Waals surface area contributed by atoms with Crippen molar-refractivity contribution in [3.63, 3.8) is 0 Å². The van der Waals surface area contributed by atoms with Crippen molar-refractivity contribution < 1.29 is 17.6 Å². The first kappa shape index (κ1) is 22.8. The second-order valence-corrected chi connectivity index (χ2v) is 9.41. The average molecular weight is 504 g/mol. The highest BCUT2D eigenvalue weighted by Crippen LogP contribution is 2.19. The maximum absolute atomic E-state index is 13.2. The standard InChI is InChI=1S/C22H19BrFN3O3S/c23-19-11-9-17(10-12-19)15-27(31(29,30)21-7-2-1-3-8-21)16-22(28)26-25-14-18-5-4-6-20(24)13-18/h1-14H,15-16H2,(H,26,28)/b25-14-. The van der Waals surface area contributed by atoms with E-state index in [9.17, 15) is 17.6 Å². The Hall–Kier alpha value is -2.88. The fourth-order valence-corrected chi connectivity index (χ4v) is 4.39. The van der Waals surface area contributed by atoms with Gasteiger partial charge in [-0.15, -0.1) is 0 Å². The molecule has 0 heterocycles. The lowest BCUT2D eigenvalue weighted by molar-refractivity contribution is -0.121. The summed E-state index contributed by atoms with van der Waals surface area (Å²) in [4.78, 5) is 12.5. The number of hydrogen-bond donors (Lipinski definition) is 1. The van der Waals surface area contributed by atoms with Crippen LogP contribution >= 0.6 is 15.9 Å².